The van der Waals surface area contributed by atoms with Crippen LogP contribution in [0.15, 0.2) is 53.8 Å². The molecule has 1 saturated carbocycles. The Bertz CT molecular complexity index is 1110. The second kappa shape index (κ2) is 8.10. The van der Waals surface area contributed by atoms with Gasteiger partial charge in [0.1, 0.15) is 0 Å². The van der Waals surface area contributed by atoms with Crippen LogP contribution in [0.25, 0.3) is 5.69 Å². The molecule has 3 aromatic rings. The largest absolute Gasteiger partial charge is 0.365 e. The van der Waals surface area contributed by atoms with Crippen LogP contribution in [0.1, 0.15) is 24.8 Å². The molecule has 0 aliphatic heterocycles. The van der Waals surface area contributed by atoms with Gasteiger partial charge in [0.15, 0.2) is 11.6 Å². The zero-order valence-electron chi connectivity index (χ0n) is 15.5. The van der Waals surface area contributed by atoms with Crippen molar-refractivity contribution in [3.05, 3.63) is 70.8 Å². The van der Waals surface area contributed by atoms with E-state index >= 15 is 0 Å². The van der Waals surface area contributed by atoms with Crippen molar-refractivity contribution in [3.8, 4) is 18.0 Å². The maximum Gasteiger partial charge on any atom is 0.255 e. The molecule has 0 unspecified atom stereocenters. The molecule has 8 heteroatoms. The van der Waals surface area contributed by atoms with E-state index in [4.69, 9.17) is 6.42 Å². The van der Waals surface area contributed by atoms with Gasteiger partial charge in [0, 0.05) is 42.8 Å². The van der Waals surface area contributed by atoms with Crippen molar-refractivity contribution in [3.63, 3.8) is 0 Å². The Morgan fingerprint density at radius 3 is 2.55 bits per heavy atom. The Balaban J connectivity index is 1.39. The number of aromatic nitrogens is 4. The number of terminal acetylenes is 1. The van der Waals surface area contributed by atoms with Gasteiger partial charge in [0.2, 0.25) is 5.95 Å². The van der Waals surface area contributed by atoms with Crippen LogP contribution in [0, 0.1) is 18.2 Å². The van der Waals surface area contributed by atoms with Crippen LogP contribution >= 0.6 is 0 Å². The van der Waals surface area contributed by atoms with E-state index < -0.39 is 5.82 Å². The zero-order chi connectivity index (χ0) is 20.2. The van der Waals surface area contributed by atoms with Gasteiger partial charge in [-0.05, 0) is 25.3 Å². The van der Waals surface area contributed by atoms with Crippen LogP contribution in [-0.4, -0.2) is 31.6 Å². The van der Waals surface area contributed by atoms with E-state index in [-0.39, 0.29) is 23.5 Å². The molecule has 4 rings (SSSR count). The zero-order valence-corrected chi connectivity index (χ0v) is 15.5. The molecule has 2 atom stereocenters. The van der Waals surface area contributed by atoms with Crippen LogP contribution < -0.4 is 16.2 Å². The summed E-state index contributed by atoms with van der Waals surface area (Å²) < 4.78 is 15.9. The molecular weight excluding hydrogens is 371 g/mol. The van der Waals surface area contributed by atoms with E-state index in [2.05, 4.69) is 31.5 Å². The van der Waals surface area contributed by atoms with Gasteiger partial charge in [0.25, 0.3) is 5.56 Å². The third-order valence-corrected chi connectivity index (χ3v) is 4.85. The number of rotatable bonds is 5. The van der Waals surface area contributed by atoms with Crippen LogP contribution in [0.4, 0.5) is 16.2 Å². The molecule has 0 amide bonds. The number of pyridine rings is 2. The van der Waals surface area contributed by atoms with E-state index in [1.165, 1.54) is 22.9 Å². The Labute approximate surface area is 167 Å². The van der Waals surface area contributed by atoms with E-state index in [1.807, 2.05) is 0 Å². The molecule has 1 aliphatic rings. The fraction of sp³-hybridized carbons (Fsp3) is 0.238. The van der Waals surface area contributed by atoms with Crippen molar-refractivity contribution in [1.82, 2.24) is 19.5 Å². The quantitative estimate of drug-likeness (QED) is 0.652. The summed E-state index contributed by atoms with van der Waals surface area (Å²) in [6.45, 7) is 0. The number of nitrogens with one attached hydrogen (secondary N) is 2. The third-order valence-electron chi connectivity index (χ3n) is 4.85. The van der Waals surface area contributed by atoms with E-state index in [1.54, 1.807) is 30.7 Å². The highest BCUT2D eigenvalue weighted by atomic mass is 19.1. The predicted molar refractivity (Wildman–Crippen MR) is 108 cm³/mol. The van der Waals surface area contributed by atoms with Gasteiger partial charge in [-0.2, -0.15) is 0 Å². The van der Waals surface area contributed by atoms with Crippen molar-refractivity contribution >= 4 is 11.8 Å². The predicted octanol–water partition coefficient (Wildman–Crippen LogP) is 2.59. The van der Waals surface area contributed by atoms with Crippen molar-refractivity contribution in [2.75, 3.05) is 10.6 Å². The van der Waals surface area contributed by atoms with Gasteiger partial charge >= 0.3 is 0 Å². The van der Waals surface area contributed by atoms with Gasteiger partial charge in [-0.25, -0.2) is 19.3 Å². The molecular formula is C21H19FN6O. The first kappa shape index (κ1) is 18.6. The lowest BCUT2D eigenvalue weighted by molar-refractivity contribution is 0.615. The highest BCUT2D eigenvalue weighted by molar-refractivity contribution is 5.44. The summed E-state index contributed by atoms with van der Waals surface area (Å²) in [5.41, 5.74) is 0.776. The van der Waals surface area contributed by atoms with Crippen molar-refractivity contribution in [2.24, 2.45) is 0 Å². The maximum absolute atomic E-state index is 14.5. The molecule has 1 fully saturated rings. The van der Waals surface area contributed by atoms with Crippen LogP contribution in [-0.2, 0) is 0 Å². The first-order valence-electron chi connectivity index (χ1n) is 9.28. The van der Waals surface area contributed by atoms with Crippen molar-refractivity contribution < 1.29 is 4.39 Å². The summed E-state index contributed by atoms with van der Waals surface area (Å²) in [4.78, 5) is 24.5. The van der Waals surface area contributed by atoms with Crippen LogP contribution in [0.3, 0.4) is 0 Å². The Hall–Kier alpha value is -3.73. The summed E-state index contributed by atoms with van der Waals surface area (Å²) in [7, 11) is 0. The molecule has 146 valence electrons. The second-order valence-electron chi connectivity index (χ2n) is 6.87. The van der Waals surface area contributed by atoms with Gasteiger partial charge in [0.05, 0.1) is 17.4 Å². The van der Waals surface area contributed by atoms with Crippen LogP contribution in [0.2, 0.25) is 0 Å². The molecule has 0 bridgehead atoms. The van der Waals surface area contributed by atoms with Gasteiger partial charge in [-0.15, -0.1) is 6.42 Å². The average molecular weight is 390 g/mol. The second-order valence-corrected chi connectivity index (χ2v) is 6.87. The third kappa shape index (κ3) is 4.24. The smallest absolute Gasteiger partial charge is 0.255 e. The first-order chi connectivity index (χ1) is 14.1. The van der Waals surface area contributed by atoms with Crippen molar-refractivity contribution in [1.29, 1.82) is 0 Å². The monoisotopic (exact) mass is 390 g/mol. The first-order valence-corrected chi connectivity index (χ1v) is 9.28. The Morgan fingerprint density at radius 2 is 1.86 bits per heavy atom. The van der Waals surface area contributed by atoms with E-state index in [0.29, 0.717) is 17.2 Å². The normalized spacial score (nSPS) is 18.2. The number of nitrogens with zero attached hydrogens (tertiary/aromatic N) is 4. The molecule has 3 heterocycles. The molecule has 29 heavy (non-hydrogen) atoms. The van der Waals surface area contributed by atoms with Crippen molar-refractivity contribution in [2.45, 2.75) is 31.3 Å². The fourth-order valence-electron chi connectivity index (χ4n) is 3.40. The molecule has 0 saturated heterocycles. The fourth-order valence-corrected chi connectivity index (χ4v) is 3.40. The number of anilines is 2. The summed E-state index contributed by atoms with van der Waals surface area (Å²) in [5, 5.41) is 6.43. The standard InChI is InChI=1S/C21H19FN6O/c1-2-14-11-24-21(25-12-14)27-16-7-6-15(9-16)26-20-18(22)10-17(13-23-20)28-8-4-3-5-19(28)29/h1,3-5,8,10-13,15-16H,6-7,9H2,(H,23,26)(H,24,25,27)/t15-,16-/m0/s1. The van der Waals surface area contributed by atoms with Gasteiger partial charge in [-0.3, -0.25) is 9.36 Å². The van der Waals surface area contributed by atoms with E-state index in [0.717, 1.165) is 19.3 Å². The van der Waals surface area contributed by atoms with Gasteiger partial charge in [-0.1, -0.05) is 12.0 Å². The highest BCUT2D eigenvalue weighted by Crippen LogP contribution is 2.25. The summed E-state index contributed by atoms with van der Waals surface area (Å²) >= 11 is 0. The molecule has 3 aromatic heterocycles. The lowest BCUT2D eigenvalue weighted by atomic mass is 10.2. The Kier molecular flexibility index (Phi) is 5.20. The summed E-state index contributed by atoms with van der Waals surface area (Å²) in [6.07, 6.45) is 14.1. The molecule has 0 aromatic carbocycles. The molecule has 7 nitrogen and oxygen atoms in total. The SMILES string of the molecule is C#Cc1cnc(N[C@H]2CC[C@H](Nc3ncc(-n4ccccc4=O)cc3F)C2)nc1. The molecule has 0 spiro atoms. The minimum absolute atomic E-state index is 0.0739. The molecule has 0 radical (unpaired) electrons. The number of hydrogen-bond donors (Lipinski definition) is 2. The minimum Gasteiger partial charge on any atom is -0.365 e. The van der Waals surface area contributed by atoms with Crippen LogP contribution in [0.5, 0.6) is 0 Å². The summed E-state index contributed by atoms with van der Waals surface area (Å²) in [5.74, 6) is 2.69. The highest BCUT2D eigenvalue weighted by Gasteiger charge is 2.26. The lowest BCUT2D eigenvalue weighted by Crippen LogP contribution is -2.22. The molecule has 1 aliphatic carbocycles. The topological polar surface area (TPSA) is 84.7 Å². The number of hydrogen-bond acceptors (Lipinski definition) is 6. The lowest BCUT2D eigenvalue weighted by Gasteiger charge is -2.16. The molecule has 2 N–H and O–H groups in total. The average Bonchev–Trinajstić information content (AvgIpc) is 3.17. The van der Waals surface area contributed by atoms with E-state index in [9.17, 15) is 9.18 Å². The summed E-state index contributed by atoms with van der Waals surface area (Å²) in [6, 6.07) is 6.32. The maximum atomic E-state index is 14.5. The van der Waals surface area contributed by atoms with Gasteiger partial charge < -0.3 is 10.6 Å². The Morgan fingerprint density at radius 1 is 1.10 bits per heavy atom. The number of halogens is 1. The minimum atomic E-state index is -0.497.